The fraction of sp³-hybridized carbons (Fsp3) is 0.600. The molecule has 8 heteroatoms. The SMILES string of the molecule is O=C([O-])/C=C\C(=O)[O-].OCC[NH+](CCO)CCO. The van der Waals surface area contributed by atoms with Gasteiger partial charge in [-0.1, -0.05) is 0 Å². The third-order valence-electron chi connectivity index (χ3n) is 1.75. The molecule has 0 aromatic rings. The summed E-state index contributed by atoms with van der Waals surface area (Å²) in [5, 5.41) is 44.3. The predicted molar refractivity (Wildman–Crippen MR) is 56.0 cm³/mol. The number of carbonyl (C=O) groups is 2. The lowest BCUT2D eigenvalue weighted by molar-refractivity contribution is -0.901. The molecule has 0 rings (SSSR count). The molecule has 4 N–H and O–H groups in total. The van der Waals surface area contributed by atoms with Crippen LogP contribution in [0.1, 0.15) is 0 Å². The molecular weight excluding hydrogens is 246 g/mol. The van der Waals surface area contributed by atoms with Gasteiger partial charge >= 0.3 is 0 Å². The first kappa shape index (κ1) is 18.9. The zero-order chi connectivity index (χ0) is 14.4. The largest absolute Gasteiger partial charge is 0.545 e. The van der Waals surface area contributed by atoms with Gasteiger partial charge in [-0.25, -0.2) is 0 Å². The summed E-state index contributed by atoms with van der Waals surface area (Å²) >= 11 is 0. The number of aliphatic carboxylic acids is 2. The maximum atomic E-state index is 9.41. The van der Waals surface area contributed by atoms with Gasteiger partial charge in [-0.2, -0.15) is 0 Å². The lowest BCUT2D eigenvalue weighted by Crippen LogP contribution is -3.13. The van der Waals surface area contributed by atoms with Gasteiger partial charge in [0, 0.05) is 0 Å². The van der Waals surface area contributed by atoms with Gasteiger partial charge in [-0.05, 0) is 12.2 Å². The second-order valence-electron chi connectivity index (χ2n) is 3.14. The lowest BCUT2D eigenvalue weighted by atomic mass is 10.4. The molecule has 18 heavy (non-hydrogen) atoms. The highest BCUT2D eigenvalue weighted by atomic mass is 16.4. The fourth-order valence-electron chi connectivity index (χ4n) is 0.985. The average molecular weight is 264 g/mol. The summed E-state index contributed by atoms with van der Waals surface area (Å²) in [6.07, 6.45) is 0.769. The summed E-state index contributed by atoms with van der Waals surface area (Å²) < 4.78 is 0. The van der Waals surface area contributed by atoms with Crippen molar-refractivity contribution in [1.82, 2.24) is 0 Å². The Labute approximate surface area is 104 Å². The molecule has 0 fully saturated rings. The Morgan fingerprint density at radius 1 is 0.833 bits per heavy atom. The maximum absolute atomic E-state index is 9.41. The van der Waals surface area contributed by atoms with Gasteiger partial charge in [0.25, 0.3) is 0 Å². The zero-order valence-corrected chi connectivity index (χ0v) is 9.87. The van der Waals surface area contributed by atoms with Gasteiger partial charge in [-0.15, -0.1) is 0 Å². The molecular formula is C10H18NO7-. The van der Waals surface area contributed by atoms with Gasteiger partial charge < -0.3 is 40.0 Å². The van der Waals surface area contributed by atoms with E-state index in [1.807, 2.05) is 0 Å². The third-order valence-corrected chi connectivity index (χ3v) is 1.75. The van der Waals surface area contributed by atoms with Crippen molar-refractivity contribution in [2.45, 2.75) is 0 Å². The number of quaternary nitrogens is 1. The van der Waals surface area contributed by atoms with Crippen LogP contribution in [0.4, 0.5) is 0 Å². The highest BCUT2D eigenvalue weighted by molar-refractivity contribution is 5.87. The normalized spacial score (nSPS) is 10.2. The summed E-state index contributed by atoms with van der Waals surface area (Å²) in [4.78, 5) is 19.9. The smallest absolute Gasteiger partial charge is 0.101 e. The standard InChI is InChI=1S/C6H15NO3.C4H4O4/c8-4-1-7(2-5-9)3-6-10;5-3(6)1-2-4(7)8/h8-10H,1-6H2;1-2H,(H,5,6)(H,7,8)/p-1/b;2-1-. The molecule has 106 valence electrons. The molecule has 8 nitrogen and oxygen atoms in total. The molecule has 0 aliphatic rings. The van der Waals surface area contributed by atoms with Crippen LogP contribution in [0.15, 0.2) is 12.2 Å². The molecule has 0 bridgehead atoms. The Bertz CT molecular complexity index is 224. The molecule has 0 aliphatic carbocycles. The molecule has 0 amide bonds. The number of aliphatic hydroxyl groups excluding tert-OH is 3. The average Bonchev–Trinajstić information content (AvgIpc) is 2.28. The van der Waals surface area contributed by atoms with Crippen LogP contribution in [-0.4, -0.2) is 66.7 Å². The minimum atomic E-state index is -1.55. The molecule has 0 spiro atoms. The topological polar surface area (TPSA) is 145 Å². The number of carboxylic acids is 2. The minimum absolute atomic E-state index is 0.106. The molecule has 0 heterocycles. The molecule has 0 aliphatic heterocycles. The van der Waals surface area contributed by atoms with Crippen molar-refractivity contribution in [1.29, 1.82) is 0 Å². The van der Waals surface area contributed by atoms with Crippen LogP contribution in [0.2, 0.25) is 0 Å². The van der Waals surface area contributed by atoms with Crippen molar-refractivity contribution in [2.24, 2.45) is 0 Å². The molecule has 0 aromatic heterocycles. The number of carbonyl (C=O) groups excluding carboxylic acids is 2. The minimum Gasteiger partial charge on any atom is -0.545 e. The highest BCUT2D eigenvalue weighted by Gasteiger charge is 2.03. The van der Waals surface area contributed by atoms with E-state index in [0.717, 1.165) is 4.90 Å². The van der Waals surface area contributed by atoms with Crippen molar-refractivity contribution in [3.63, 3.8) is 0 Å². The Kier molecular flexibility index (Phi) is 14.2. The molecule has 0 saturated carbocycles. The maximum Gasteiger partial charge on any atom is 0.101 e. The van der Waals surface area contributed by atoms with E-state index in [1.165, 1.54) is 0 Å². The van der Waals surface area contributed by atoms with Crippen molar-refractivity contribution in [3.8, 4) is 0 Å². The van der Waals surface area contributed by atoms with E-state index in [-0.39, 0.29) is 19.8 Å². The molecule has 0 radical (unpaired) electrons. The van der Waals surface area contributed by atoms with Gasteiger partial charge in [0.1, 0.15) is 19.6 Å². The summed E-state index contributed by atoms with van der Waals surface area (Å²) in [5.41, 5.74) is 0. The number of hydrogen-bond donors (Lipinski definition) is 4. The number of rotatable bonds is 8. The summed E-state index contributed by atoms with van der Waals surface area (Å²) in [6.45, 7) is 2.11. The quantitative estimate of drug-likeness (QED) is 0.319. The summed E-state index contributed by atoms with van der Waals surface area (Å²) in [7, 11) is 0. The van der Waals surface area contributed by atoms with E-state index in [0.29, 0.717) is 31.8 Å². The Hall–Kier alpha value is -1.48. The van der Waals surface area contributed by atoms with E-state index in [4.69, 9.17) is 15.3 Å². The van der Waals surface area contributed by atoms with Crippen LogP contribution in [0.25, 0.3) is 0 Å². The van der Waals surface area contributed by atoms with Gasteiger partial charge in [0.05, 0.1) is 31.8 Å². The summed E-state index contributed by atoms with van der Waals surface area (Å²) in [5.74, 6) is -3.09. The van der Waals surface area contributed by atoms with E-state index in [9.17, 15) is 19.8 Å². The van der Waals surface area contributed by atoms with Crippen LogP contribution >= 0.6 is 0 Å². The van der Waals surface area contributed by atoms with Gasteiger partial charge in [0.2, 0.25) is 0 Å². The molecule has 0 aromatic carbocycles. The first-order valence-corrected chi connectivity index (χ1v) is 5.24. The number of aliphatic hydroxyl groups is 3. The molecule has 0 saturated heterocycles. The van der Waals surface area contributed by atoms with Crippen LogP contribution < -0.4 is 15.1 Å². The number of nitrogens with one attached hydrogen (secondary N) is 1. The second-order valence-corrected chi connectivity index (χ2v) is 3.14. The Morgan fingerprint density at radius 2 is 1.11 bits per heavy atom. The lowest BCUT2D eigenvalue weighted by Gasteiger charge is -2.15. The van der Waals surface area contributed by atoms with Crippen molar-refractivity contribution < 1.29 is 40.0 Å². The van der Waals surface area contributed by atoms with Crippen molar-refractivity contribution in [3.05, 3.63) is 12.2 Å². The Balaban J connectivity index is 0. The van der Waals surface area contributed by atoms with E-state index in [1.54, 1.807) is 0 Å². The first-order valence-electron chi connectivity index (χ1n) is 5.24. The van der Waals surface area contributed by atoms with E-state index >= 15 is 0 Å². The summed E-state index contributed by atoms with van der Waals surface area (Å²) in [6, 6.07) is 0. The molecule has 0 atom stereocenters. The van der Waals surface area contributed by atoms with Gasteiger partial charge in [0.15, 0.2) is 0 Å². The second kappa shape index (κ2) is 13.6. The monoisotopic (exact) mass is 264 g/mol. The van der Waals surface area contributed by atoms with Crippen LogP contribution in [0, 0.1) is 0 Å². The van der Waals surface area contributed by atoms with E-state index < -0.39 is 11.9 Å². The Morgan fingerprint density at radius 3 is 1.28 bits per heavy atom. The van der Waals surface area contributed by atoms with Crippen molar-refractivity contribution in [2.75, 3.05) is 39.5 Å². The molecule has 0 unspecified atom stereocenters. The fourth-order valence-corrected chi connectivity index (χ4v) is 0.985. The van der Waals surface area contributed by atoms with Crippen LogP contribution in [0.5, 0.6) is 0 Å². The zero-order valence-electron chi connectivity index (χ0n) is 9.87. The van der Waals surface area contributed by atoms with Crippen LogP contribution in [0.3, 0.4) is 0 Å². The van der Waals surface area contributed by atoms with Gasteiger partial charge in [-0.3, -0.25) is 0 Å². The van der Waals surface area contributed by atoms with Crippen LogP contribution in [-0.2, 0) is 9.59 Å². The predicted octanol–water partition coefficient (Wildman–Crippen LogP) is -6.11. The first-order chi connectivity index (χ1) is 8.47. The van der Waals surface area contributed by atoms with Crippen molar-refractivity contribution >= 4 is 11.9 Å². The number of carboxylic acid groups (broad SMARTS) is 2. The number of hydrogen-bond acceptors (Lipinski definition) is 7. The third kappa shape index (κ3) is 16.9. The highest BCUT2D eigenvalue weighted by Crippen LogP contribution is 1.64. The van der Waals surface area contributed by atoms with E-state index in [2.05, 4.69) is 0 Å².